The second kappa shape index (κ2) is 6.88. The summed E-state index contributed by atoms with van der Waals surface area (Å²) < 4.78 is 4.40. The van der Waals surface area contributed by atoms with Crippen molar-refractivity contribution in [2.75, 3.05) is 13.1 Å². The van der Waals surface area contributed by atoms with E-state index < -0.39 is 0 Å². The molecule has 1 N–H and O–H groups in total. The van der Waals surface area contributed by atoms with Gasteiger partial charge in [0.15, 0.2) is 0 Å². The molecule has 0 aromatic carbocycles. The van der Waals surface area contributed by atoms with Crippen LogP contribution in [0.2, 0.25) is 0 Å². The van der Waals surface area contributed by atoms with Crippen molar-refractivity contribution in [1.29, 1.82) is 0 Å². The van der Waals surface area contributed by atoms with Crippen molar-refractivity contribution in [3.63, 3.8) is 0 Å². The smallest absolute Gasteiger partial charge is 0.378 e. The van der Waals surface area contributed by atoms with Crippen LogP contribution in [0.4, 0.5) is 0 Å². The Bertz CT molecular complexity index is 193. The topological polar surface area (TPSA) is 38.3 Å². The number of nitrogens with one attached hydrogen (secondary N) is 1. The fourth-order valence-electron chi connectivity index (χ4n) is 2.30. The zero-order chi connectivity index (χ0) is 11.1. The molecule has 1 aliphatic rings. The average Bonchev–Trinajstić information content (AvgIpc) is 2.30. The maximum absolute atomic E-state index is 11.5. The van der Waals surface area contributed by atoms with Gasteiger partial charge in [-0.1, -0.05) is 19.8 Å². The molecule has 0 spiro atoms. The monoisotopic (exact) mass is 209 g/mol. The van der Waals surface area contributed by atoms with Crippen LogP contribution in [0.3, 0.4) is 0 Å². The van der Waals surface area contributed by atoms with Crippen LogP contribution in [-0.2, 0) is 9.45 Å². The first kappa shape index (κ1) is 12.6. The van der Waals surface area contributed by atoms with E-state index in [1.807, 2.05) is 0 Å². The number of hydrogen-bond acceptors (Lipinski definition) is 3. The highest BCUT2D eigenvalue weighted by Gasteiger charge is 2.29. The van der Waals surface area contributed by atoms with Gasteiger partial charge in [0.1, 0.15) is 0 Å². The molecule has 2 radical (unpaired) electrons. The van der Waals surface area contributed by atoms with Crippen molar-refractivity contribution in [3.8, 4) is 0 Å². The Morgan fingerprint density at radius 2 is 2.20 bits per heavy atom. The molecule has 1 saturated heterocycles. The molecule has 15 heavy (non-hydrogen) atoms. The van der Waals surface area contributed by atoms with E-state index in [0.717, 1.165) is 45.2 Å². The lowest BCUT2D eigenvalue weighted by molar-refractivity contribution is -0.141. The van der Waals surface area contributed by atoms with Crippen molar-refractivity contribution in [2.24, 2.45) is 11.8 Å². The molecular formula is C11H20BNO2. The lowest BCUT2D eigenvalue weighted by Gasteiger charge is -2.29. The molecule has 1 rings (SSSR count). The fourth-order valence-corrected chi connectivity index (χ4v) is 2.30. The van der Waals surface area contributed by atoms with E-state index in [-0.39, 0.29) is 11.9 Å². The van der Waals surface area contributed by atoms with E-state index in [0.29, 0.717) is 5.92 Å². The van der Waals surface area contributed by atoms with Crippen LogP contribution >= 0.6 is 0 Å². The molecule has 0 saturated carbocycles. The summed E-state index contributed by atoms with van der Waals surface area (Å²) in [5.74, 6) is 0.237. The Morgan fingerprint density at radius 3 is 2.73 bits per heavy atom. The van der Waals surface area contributed by atoms with Crippen molar-refractivity contribution >= 4 is 14.0 Å². The van der Waals surface area contributed by atoms with Gasteiger partial charge in [0.05, 0.1) is 5.92 Å². The van der Waals surface area contributed by atoms with Crippen LogP contribution in [0.25, 0.3) is 0 Å². The normalized spacial score (nSPS) is 19.8. The second-order valence-corrected chi connectivity index (χ2v) is 4.27. The van der Waals surface area contributed by atoms with Gasteiger partial charge < -0.3 is 9.97 Å². The highest BCUT2D eigenvalue weighted by Crippen LogP contribution is 2.27. The molecule has 1 aliphatic heterocycles. The first-order valence-electron chi connectivity index (χ1n) is 5.90. The minimum Gasteiger partial charge on any atom is -0.543 e. The number of carbonyl (C=O) groups is 1. The van der Waals surface area contributed by atoms with E-state index in [4.69, 9.17) is 8.05 Å². The summed E-state index contributed by atoms with van der Waals surface area (Å²) >= 11 is 0. The van der Waals surface area contributed by atoms with Crippen molar-refractivity contribution in [3.05, 3.63) is 0 Å². The molecule has 1 atom stereocenters. The summed E-state index contributed by atoms with van der Waals surface area (Å²) in [4.78, 5) is 11.5. The van der Waals surface area contributed by atoms with Gasteiger partial charge in [-0.3, -0.25) is 4.79 Å². The number of hydrogen-bond donors (Lipinski definition) is 1. The maximum atomic E-state index is 11.5. The van der Waals surface area contributed by atoms with Crippen molar-refractivity contribution < 1.29 is 9.45 Å². The zero-order valence-electron chi connectivity index (χ0n) is 9.50. The summed E-state index contributed by atoms with van der Waals surface area (Å²) in [6.45, 7) is 4.14. The third-order valence-corrected chi connectivity index (χ3v) is 3.24. The van der Waals surface area contributed by atoms with Crippen LogP contribution in [0, 0.1) is 11.8 Å². The van der Waals surface area contributed by atoms with E-state index in [1.54, 1.807) is 0 Å². The Morgan fingerprint density at radius 1 is 1.53 bits per heavy atom. The summed E-state index contributed by atoms with van der Waals surface area (Å²) in [5, 5.41) is 3.30. The van der Waals surface area contributed by atoms with Gasteiger partial charge in [-0.05, 0) is 38.3 Å². The van der Waals surface area contributed by atoms with Gasteiger partial charge in [-0.15, -0.1) is 0 Å². The molecule has 0 aliphatic carbocycles. The lowest BCUT2D eigenvalue weighted by atomic mass is 9.82. The molecule has 0 aromatic rings. The van der Waals surface area contributed by atoms with Gasteiger partial charge in [0.2, 0.25) is 0 Å². The van der Waals surface area contributed by atoms with Gasteiger partial charge in [0, 0.05) is 0 Å². The minimum atomic E-state index is -0.227. The number of unbranched alkanes of at least 4 members (excludes halogenated alkanes) is 1. The molecule has 1 heterocycles. The largest absolute Gasteiger partial charge is 0.543 e. The molecule has 0 bridgehead atoms. The van der Waals surface area contributed by atoms with Gasteiger partial charge >= 0.3 is 8.05 Å². The standard InChI is InChI=1S/C11H20BNO2/c1-2-3-4-10(11(14)15-12)9-5-7-13-8-6-9/h9-10,13H,2-8H2,1H3. The molecule has 1 fully saturated rings. The summed E-state index contributed by atoms with van der Waals surface area (Å²) in [6, 6.07) is 0. The van der Waals surface area contributed by atoms with Crippen molar-refractivity contribution in [1.82, 2.24) is 5.32 Å². The predicted octanol–water partition coefficient (Wildman–Crippen LogP) is 1.42. The quantitative estimate of drug-likeness (QED) is 0.696. The van der Waals surface area contributed by atoms with E-state index in [2.05, 4.69) is 16.9 Å². The zero-order valence-corrected chi connectivity index (χ0v) is 9.50. The first-order chi connectivity index (χ1) is 7.29. The fraction of sp³-hybridized carbons (Fsp3) is 0.909. The third-order valence-electron chi connectivity index (χ3n) is 3.24. The van der Waals surface area contributed by atoms with E-state index >= 15 is 0 Å². The summed E-state index contributed by atoms with van der Waals surface area (Å²) in [5.41, 5.74) is 0. The van der Waals surface area contributed by atoms with Crippen LogP contribution in [0.5, 0.6) is 0 Å². The second-order valence-electron chi connectivity index (χ2n) is 4.27. The third kappa shape index (κ3) is 3.86. The Labute approximate surface area is 93.4 Å². The number of rotatable bonds is 5. The number of carbonyl (C=O) groups excluding carboxylic acids is 1. The van der Waals surface area contributed by atoms with Crippen molar-refractivity contribution in [2.45, 2.75) is 39.0 Å². The Balaban J connectivity index is 2.49. The van der Waals surface area contributed by atoms with Gasteiger partial charge in [-0.2, -0.15) is 0 Å². The number of piperidine rings is 1. The predicted molar refractivity (Wildman–Crippen MR) is 60.5 cm³/mol. The lowest BCUT2D eigenvalue weighted by Crippen LogP contribution is -2.35. The first-order valence-corrected chi connectivity index (χ1v) is 5.90. The Hall–Kier alpha value is -0.505. The minimum absolute atomic E-state index is 0.0112. The van der Waals surface area contributed by atoms with Crippen LogP contribution < -0.4 is 5.32 Å². The SMILES string of the molecule is [B]OC(=O)C(CCCC)C1CCNCC1. The highest BCUT2D eigenvalue weighted by atomic mass is 16.5. The van der Waals surface area contributed by atoms with E-state index in [1.165, 1.54) is 0 Å². The van der Waals surface area contributed by atoms with Gasteiger partial charge in [-0.25, -0.2) is 0 Å². The van der Waals surface area contributed by atoms with Gasteiger partial charge in [0.25, 0.3) is 5.97 Å². The molecule has 0 aromatic heterocycles. The molecule has 84 valence electrons. The molecule has 3 nitrogen and oxygen atoms in total. The highest BCUT2D eigenvalue weighted by molar-refractivity contribution is 6.05. The summed E-state index contributed by atoms with van der Waals surface area (Å²) in [6.07, 6.45) is 5.22. The molecule has 1 unspecified atom stereocenters. The molecule has 0 amide bonds. The molecular weight excluding hydrogens is 189 g/mol. The van der Waals surface area contributed by atoms with Crippen LogP contribution in [0.1, 0.15) is 39.0 Å². The van der Waals surface area contributed by atoms with Crippen LogP contribution in [0.15, 0.2) is 0 Å². The van der Waals surface area contributed by atoms with Crippen LogP contribution in [-0.4, -0.2) is 27.1 Å². The average molecular weight is 209 g/mol. The summed E-state index contributed by atoms with van der Waals surface area (Å²) in [7, 11) is 4.99. The Kier molecular flexibility index (Phi) is 5.77. The molecule has 4 heteroatoms. The van der Waals surface area contributed by atoms with E-state index in [9.17, 15) is 4.79 Å². The maximum Gasteiger partial charge on any atom is 0.378 e.